The van der Waals surface area contributed by atoms with Crippen molar-refractivity contribution >= 4 is 11.4 Å². The van der Waals surface area contributed by atoms with Gasteiger partial charge in [-0.15, -0.1) is 9.81 Å². The zero-order valence-corrected chi connectivity index (χ0v) is 40.7. The summed E-state index contributed by atoms with van der Waals surface area (Å²) >= 11 is 0. The molecule has 0 radical (unpaired) electrons. The Labute approximate surface area is 358 Å². The van der Waals surface area contributed by atoms with Crippen LogP contribution in [0.2, 0.25) is 0 Å². The molecule has 0 unspecified atom stereocenters. The van der Waals surface area contributed by atoms with E-state index in [-0.39, 0.29) is 32.5 Å². The van der Waals surface area contributed by atoms with Crippen molar-refractivity contribution in [1.29, 1.82) is 0 Å². The van der Waals surface area contributed by atoms with Crippen LogP contribution in [0.1, 0.15) is 208 Å². The van der Waals surface area contributed by atoms with E-state index in [9.17, 15) is 14.9 Å². The third-order valence-corrected chi connectivity index (χ3v) is 12.4. The van der Waals surface area contributed by atoms with Gasteiger partial charge in [-0.2, -0.15) is 0 Å². The number of hydrogen-bond acceptors (Lipinski definition) is 5. The first-order chi connectivity index (χ1) is 26.6. The van der Waals surface area contributed by atoms with Gasteiger partial charge in [0, 0.05) is 0 Å². The van der Waals surface area contributed by atoms with Crippen molar-refractivity contribution in [2.45, 2.75) is 197 Å². The Hall–Kier alpha value is -4.12. The van der Waals surface area contributed by atoms with Crippen LogP contribution >= 0.6 is 0 Å². The molecule has 4 aromatic carbocycles. The van der Waals surface area contributed by atoms with Gasteiger partial charge in [0.15, 0.2) is 0 Å². The first kappa shape index (κ1) is 47.6. The number of phenols is 1. The summed E-state index contributed by atoms with van der Waals surface area (Å²) in [5.74, 6) is 0.391. The summed E-state index contributed by atoms with van der Waals surface area (Å²) in [6.45, 7) is 45.7. The third kappa shape index (κ3) is 10.1. The maximum Gasteiger partial charge on any atom is 0.123 e. The molecule has 0 amide bonds. The molecule has 4 rings (SSSR count). The fourth-order valence-corrected chi connectivity index (χ4v) is 8.81. The molecule has 0 saturated carbocycles. The van der Waals surface area contributed by atoms with Gasteiger partial charge in [0.05, 0.1) is 0 Å². The highest BCUT2D eigenvalue weighted by atomic mass is 16.3. The standard InChI is InChI=1S/C54H76N2O3/c1-31-37(22-34-25-40(49(4,5)6)46(55-58)41(26-34)50(7,8)9)32(2)39(24-36-29-44(53(16,17)18)48(57)45(30-36)54(19,20)21)33(3)38(31)23-35-27-42(51(10,11)12)47(56-59)43(28-35)52(13,14)15/h25-30,57H,22-24H2,1-21H3. The fourth-order valence-electron chi connectivity index (χ4n) is 8.81. The van der Waals surface area contributed by atoms with Gasteiger partial charge in [-0.25, -0.2) is 0 Å². The van der Waals surface area contributed by atoms with Gasteiger partial charge in [-0.05, 0) is 166 Å². The summed E-state index contributed by atoms with van der Waals surface area (Å²) in [5, 5.41) is 18.9. The molecule has 0 atom stereocenters. The van der Waals surface area contributed by atoms with E-state index in [0.29, 0.717) is 36.4 Å². The number of nitroso groups, excluding NO2 is 2. The molecule has 320 valence electrons. The molecule has 0 aromatic heterocycles. The van der Waals surface area contributed by atoms with Crippen molar-refractivity contribution in [3.05, 3.63) is 130 Å². The molecule has 0 heterocycles. The van der Waals surface area contributed by atoms with Gasteiger partial charge < -0.3 is 5.11 Å². The number of benzene rings is 4. The van der Waals surface area contributed by atoms with Gasteiger partial charge >= 0.3 is 0 Å². The second-order valence-electron chi connectivity index (χ2n) is 23.6. The van der Waals surface area contributed by atoms with Crippen LogP contribution in [-0.4, -0.2) is 5.11 Å². The summed E-state index contributed by atoms with van der Waals surface area (Å²) in [4.78, 5) is 25.0. The minimum atomic E-state index is -0.278. The lowest BCUT2D eigenvalue weighted by molar-refractivity contribution is 0.423. The molecule has 0 fully saturated rings. The molecule has 4 aromatic rings. The number of rotatable bonds is 8. The first-order valence-electron chi connectivity index (χ1n) is 21.6. The van der Waals surface area contributed by atoms with Crippen LogP contribution < -0.4 is 0 Å². The minimum absolute atomic E-state index is 0.246. The highest BCUT2D eigenvalue weighted by molar-refractivity contribution is 5.64. The summed E-state index contributed by atoms with van der Waals surface area (Å²) in [6, 6.07) is 13.3. The van der Waals surface area contributed by atoms with E-state index in [1.807, 2.05) is 0 Å². The van der Waals surface area contributed by atoms with Crippen molar-refractivity contribution < 1.29 is 5.11 Å². The Morgan fingerprint density at radius 1 is 0.373 bits per heavy atom. The molecule has 5 nitrogen and oxygen atoms in total. The van der Waals surface area contributed by atoms with E-state index in [1.165, 1.54) is 50.1 Å². The highest BCUT2D eigenvalue weighted by Gasteiger charge is 2.31. The third-order valence-electron chi connectivity index (χ3n) is 12.4. The lowest BCUT2D eigenvalue weighted by Crippen LogP contribution is -2.19. The number of hydrogen-bond donors (Lipinski definition) is 1. The van der Waals surface area contributed by atoms with E-state index < -0.39 is 0 Å². The van der Waals surface area contributed by atoms with Crippen LogP contribution in [0, 0.1) is 30.6 Å². The molecule has 1 N–H and O–H groups in total. The van der Waals surface area contributed by atoms with Crippen molar-refractivity contribution in [3.8, 4) is 5.75 Å². The number of phenolic OH excluding ortho intramolecular Hbond substituents is 1. The Kier molecular flexibility index (Phi) is 12.9. The molecule has 0 saturated heterocycles. The first-order valence-corrected chi connectivity index (χ1v) is 21.6. The predicted molar refractivity (Wildman–Crippen MR) is 253 cm³/mol. The van der Waals surface area contributed by atoms with E-state index in [2.05, 4.69) is 192 Å². The van der Waals surface area contributed by atoms with E-state index >= 15 is 0 Å². The van der Waals surface area contributed by atoms with E-state index in [1.54, 1.807) is 0 Å². The van der Waals surface area contributed by atoms with Crippen LogP contribution in [-0.2, 0) is 51.8 Å². The SMILES string of the molecule is Cc1c(Cc2cc(C(C)(C)C)c(O)c(C(C)(C)C)c2)c(C)c(Cc2cc(C(C)(C)C)c(N=O)c(C(C)(C)C)c2)c(C)c1Cc1cc(C(C)(C)C)c(N=O)c(C(C)(C)C)c1. The average molecular weight is 801 g/mol. The lowest BCUT2D eigenvalue weighted by atomic mass is 9.75. The van der Waals surface area contributed by atoms with Crippen molar-refractivity contribution in [2.24, 2.45) is 10.4 Å². The Morgan fingerprint density at radius 2 is 0.559 bits per heavy atom. The maximum atomic E-state index is 12.5. The van der Waals surface area contributed by atoms with Gasteiger partial charge in [0.25, 0.3) is 0 Å². The van der Waals surface area contributed by atoms with Crippen molar-refractivity contribution in [1.82, 2.24) is 0 Å². The van der Waals surface area contributed by atoms with Crippen LogP contribution in [0.3, 0.4) is 0 Å². The Morgan fingerprint density at radius 3 is 0.729 bits per heavy atom. The van der Waals surface area contributed by atoms with Crippen LogP contribution in [0.4, 0.5) is 11.4 Å². The molecular formula is C54H76N2O3. The molecule has 0 aliphatic rings. The average Bonchev–Trinajstić information content (AvgIpc) is 3.07. The molecule has 0 aliphatic carbocycles. The fraction of sp³-hybridized carbons (Fsp3) is 0.556. The van der Waals surface area contributed by atoms with Crippen molar-refractivity contribution in [3.63, 3.8) is 0 Å². The second kappa shape index (κ2) is 16.1. The topological polar surface area (TPSA) is 79.1 Å². The van der Waals surface area contributed by atoms with Crippen molar-refractivity contribution in [2.75, 3.05) is 0 Å². The van der Waals surface area contributed by atoms with Gasteiger partial charge in [0.2, 0.25) is 0 Å². The molecule has 59 heavy (non-hydrogen) atoms. The molecule has 0 aliphatic heterocycles. The minimum Gasteiger partial charge on any atom is -0.507 e. The Balaban J connectivity index is 2.13. The molecular weight excluding hydrogens is 725 g/mol. The zero-order valence-electron chi connectivity index (χ0n) is 40.7. The summed E-state index contributed by atoms with van der Waals surface area (Å²) < 4.78 is 0. The van der Waals surface area contributed by atoms with E-state index in [4.69, 9.17) is 0 Å². The lowest BCUT2D eigenvalue weighted by Gasteiger charge is -2.30. The van der Waals surface area contributed by atoms with Gasteiger partial charge in [0.1, 0.15) is 17.1 Å². The summed E-state index contributed by atoms with van der Waals surface area (Å²) in [5.41, 5.74) is 16.5. The zero-order chi connectivity index (χ0) is 45.2. The smallest absolute Gasteiger partial charge is 0.123 e. The number of aromatic hydroxyl groups is 1. The quantitative estimate of drug-likeness (QED) is 0.180. The monoisotopic (exact) mass is 801 g/mol. The van der Waals surface area contributed by atoms with Crippen LogP contribution in [0.25, 0.3) is 0 Å². The normalized spacial score (nSPS) is 13.2. The Bertz CT molecular complexity index is 2040. The van der Waals surface area contributed by atoms with E-state index in [0.717, 1.165) is 33.4 Å². The maximum absolute atomic E-state index is 12.5. The predicted octanol–water partition coefficient (Wildman–Crippen LogP) is 15.7. The van der Waals surface area contributed by atoms with Gasteiger partial charge in [-0.3, -0.25) is 0 Å². The molecule has 5 heteroatoms. The molecule has 0 spiro atoms. The number of nitrogens with zero attached hydrogens (tertiary/aromatic N) is 2. The largest absolute Gasteiger partial charge is 0.507 e. The summed E-state index contributed by atoms with van der Waals surface area (Å²) in [7, 11) is 0. The molecule has 0 bridgehead atoms. The van der Waals surface area contributed by atoms with Gasteiger partial charge in [-0.1, -0.05) is 161 Å². The highest BCUT2D eigenvalue weighted by Crippen LogP contribution is 2.45. The summed E-state index contributed by atoms with van der Waals surface area (Å²) in [6.07, 6.45) is 2.12. The second-order valence-corrected chi connectivity index (χ2v) is 23.6. The van der Waals surface area contributed by atoms with Crippen LogP contribution in [0.5, 0.6) is 5.75 Å². The van der Waals surface area contributed by atoms with Crippen LogP contribution in [0.15, 0.2) is 46.8 Å².